The quantitative estimate of drug-likeness (QED) is 0.865. The van der Waals surface area contributed by atoms with Gasteiger partial charge in [-0.05, 0) is 49.4 Å². The van der Waals surface area contributed by atoms with Crippen LogP contribution in [-0.2, 0) is 11.2 Å². The molecule has 1 amide bonds. The number of halogens is 1. The standard InChI is InChI=1S/C16H18ClNO3/c17-10-1-4-14-9(5-10)6-15(21-14)16(20)18-11-2-3-12(18)8-13(19)7-11/h1,4-5,11-13,15,19H,2-3,6-8H2. The van der Waals surface area contributed by atoms with Gasteiger partial charge in [0.05, 0.1) is 6.10 Å². The van der Waals surface area contributed by atoms with Gasteiger partial charge >= 0.3 is 0 Å². The van der Waals surface area contributed by atoms with E-state index < -0.39 is 6.10 Å². The van der Waals surface area contributed by atoms with Gasteiger partial charge in [-0.2, -0.15) is 0 Å². The highest BCUT2D eigenvalue weighted by Crippen LogP contribution is 2.38. The molecule has 2 saturated heterocycles. The molecule has 3 atom stereocenters. The maximum atomic E-state index is 12.8. The molecule has 0 spiro atoms. The second-order valence-corrected chi connectivity index (χ2v) is 6.75. The second kappa shape index (κ2) is 4.89. The summed E-state index contributed by atoms with van der Waals surface area (Å²) < 4.78 is 5.82. The van der Waals surface area contributed by atoms with Crippen LogP contribution in [0.5, 0.6) is 5.75 Å². The van der Waals surface area contributed by atoms with Crippen LogP contribution in [0.2, 0.25) is 5.02 Å². The van der Waals surface area contributed by atoms with E-state index in [2.05, 4.69) is 0 Å². The number of ether oxygens (including phenoxy) is 1. The molecule has 1 aromatic rings. The Labute approximate surface area is 128 Å². The first kappa shape index (κ1) is 13.4. The van der Waals surface area contributed by atoms with E-state index in [4.69, 9.17) is 16.3 Å². The lowest BCUT2D eigenvalue weighted by atomic mass is 9.98. The van der Waals surface area contributed by atoms with Crippen molar-refractivity contribution in [3.63, 3.8) is 0 Å². The summed E-state index contributed by atoms with van der Waals surface area (Å²) in [4.78, 5) is 14.8. The number of rotatable bonds is 1. The molecule has 3 aliphatic rings. The molecular formula is C16H18ClNO3. The number of aliphatic hydroxyl groups is 1. The summed E-state index contributed by atoms with van der Waals surface area (Å²) in [6.07, 6.45) is 3.30. The smallest absolute Gasteiger partial charge is 0.264 e. The molecule has 3 aliphatic heterocycles. The Bertz CT molecular complexity index is 577. The molecule has 0 aliphatic carbocycles. The SMILES string of the molecule is O=C(C1Cc2cc(Cl)ccc2O1)N1C2CCC1CC(O)C2. The van der Waals surface area contributed by atoms with Crippen molar-refractivity contribution in [3.8, 4) is 5.75 Å². The Hall–Kier alpha value is -1.26. The van der Waals surface area contributed by atoms with Crippen molar-refractivity contribution in [1.29, 1.82) is 0 Å². The fraction of sp³-hybridized carbons (Fsp3) is 0.562. The summed E-state index contributed by atoms with van der Waals surface area (Å²) in [5.41, 5.74) is 1.00. The predicted molar refractivity (Wildman–Crippen MR) is 78.5 cm³/mol. The maximum absolute atomic E-state index is 12.8. The first-order valence-corrected chi connectivity index (χ1v) is 7.95. The van der Waals surface area contributed by atoms with Crippen LogP contribution in [-0.4, -0.2) is 40.2 Å². The largest absolute Gasteiger partial charge is 0.480 e. The molecule has 2 bridgehead atoms. The molecule has 3 unspecified atom stereocenters. The Kier molecular flexibility index (Phi) is 3.12. The molecular weight excluding hydrogens is 290 g/mol. The van der Waals surface area contributed by atoms with Gasteiger partial charge in [0, 0.05) is 23.5 Å². The molecule has 5 heteroatoms. The van der Waals surface area contributed by atoms with Crippen molar-refractivity contribution in [2.24, 2.45) is 0 Å². The average Bonchev–Trinajstić information content (AvgIpc) is 2.97. The highest BCUT2D eigenvalue weighted by Gasteiger charge is 2.46. The summed E-state index contributed by atoms with van der Waals surface area (Å²) >= 11 is 5.99. The van der Waals surface area contributed by atoms with Crippen LogP contribution in [0.15, 0.2) is 18.2 Å². The number of amides is 1. The Morgan fingerprint density at radius 1 is 1.29 bits per heavy atom. The van der Waals surface area contributed by atoms with E-state index in [9.17, 15) is 9.90 Å². The number of hydrogen-bond donors (Lipinski definition) is 1. The fourth-order valence-electron chi connectivity index (χ4n) is 4.03. The normalized spacial score (nSPS) is 33.7. The Morgan fingerprint density at radius 2 is 2.00 bits per heavy atom. The monoisotopic (exact) mass is 307 g/mol. The van der Waals surface area contributed by atoms with Crippen LogP contribution < -0.4 is 4.74 Å². The zero-order valence-corrected chi connectivity index (χ0v) is 12.4. The van der Waals surface area contributed by atoms with Crippen LogP contribution in [0.1, 0.15) is 31.2 Å². The van der Waals surface area contributed by atoms with E-state index in [1.54, 1.807) is 6.07 Å². The number of nitrogens with zero attached hydrogens (tertiary/aromatic N) is 1. The minimum absolute atomic E-state index is 0.0710. The van der Waals surface area contributed by atoms with Crippen LogP contribution in [0.4, 0.5) is 0 Å². The van der Waals surface area contributed by atoms with E-state index in [1.807, 2.05) is 17.0 Å². The van der Waals surface area contributed by atoms with Crippen LogP contribution in [0, 0.1) is 0 Å². The lowest BCUT2D eigenvalue weighted by molar-refractivity contribution is -0.144. The number of piperidine rings is 1. The van der Waals surface area contributed by atoms with Crippen molar-refractivity contribution in [2.45, 2.75) is 56.4 Å². The van der Waals surface area contributed by atoms with Crippen LogP contribution >= 0.6 is 11.6 Å². The topological polar surface area (TPSA) is 49.8 Å². The van der Waals surface area contributed by atoms with E-state index in [0.717, 1.165) is 24.2 Å². The van der Waals surface area contributed by atoms with Crippen molar-refractivity contribution in [2.75, 3.05) is 0 Å². The van der Waals surface area contributed by atoms with E-state index >= 15 is 0 Å². The molecule has 0 saturated carbocycles. The van der Waals surface area contributed by atoms with Crippen molar-refractivity contribution < 1.29 is 14.6 Å². The molecule has 0 radical (unpaired) electrons. The summed E-state index contributed by atoms with van der Waals surface area (Å²) in [6, 6.07) is 5.86. The molecule has 112 valence electrons. The van der Waals surface area contributed by atoms with Gasteiger partial charge < -0.3 is 14.7 Å². The van der Waals surface area contributed by atoms with Gasteiger partial charge in [-0.25, -0.2) is 0 Å². The first-order chi connectivity index (χ1) is 10.1. The zero-order valence-electron chi connectivity index (χ0n) is 11.7. The lowest BCUT2D eigenvalue weighted by Gasteiger charge is -2.38. The van der Waals surface area contributed by atoms with Crippen molar-refractivity contribution in [3.05, 3.63) is 28.8 Å². The lowest BCUT2D eigenvalue weighted by Crippen LogP contribution is -2.52. The highest BCUT2D eigenvalue weighted by atomic mass is 35.5. The molecule has 1 N–H and O–H groups in total. The summed E-state index contributed by atoms with van der Waals surface area (Å²) in [5.74, 6) is 0.837. The highest BCUT2D eigenvalue weighted by molar-refractivity contribution is 6.30. The molecule has 4 nitrogen and oxygen atoms in total. The number of aliphatic hydroxyl groups excluding tert-OH is 1. The first-order valence-electron chi connectivity index (χ1n) is 7.57. The predicted octanol–water partition coefficient (Wildman–Crippen LogP) is 2.16. The van der Waals surface area contributed by atoms with Gasteiger partial charge in [0.25, 0.3) is 5.91 Å². The third-order valence-electron chi connectivity index (χ3n) is 4.94. The third-order valence-corrected chi connectivity index (χ3v) is 5.17. The molecule has 2 fully saturated rings. The van der Waals surface area contributed by atoms with E-state index in [-0.39, 0.29) is 24.1 Å². The second-order valence-electron chi connectivity index (χ2n) is 6.32. The van der Waals surface area contributed by atoms with Gasteiger partial charge in [0.15, 0.2) is 6.10 Å². The van der Waals surface area contributed by atoms with Crippen LogP contribution in [0.3, 0.4) is 0 Å². The van der Waals surface area contributed by atoms with Crippen molar-refractivity contribution >= 4 is 17.5 Å². The molecule has 4 rings (SSSR count). The number of carbonyl (C=O) groups is 1. The number of carbonyl (C=O) groups excluding carboxylic acids is 1. The van der Waals surface area contributed by atoms with Gasteiger partial charge in [-0.15, -0.1) is 0 Å². The molecule has 1 aromatic carbocycles. The third kappa shape index (κ3) is 2.21. The van der Waals surface area contributed by atoms with Gasteiger partial charge in [-0.3, -0.25) is 4.79 Å². The van der Waals surface area contributed by atoms with Crippen molar-refractivity contribution in [1.82, 2.24) is 4.90 Å². The van der Waals surface area contributed by atoms with Gasteiger partial charge in [-0.1, -0.05) is 11.6 Å². The molecule has 0 aromatic heterocycles. The van der Waals surface area contributed by atoms with Crippen LogP contribution in [0.25, 0.3) is 0 Å². The molecule has 3 heterocycles. The number of benzene rings is 1. The maximum Gasteiger partial charge on any atom is 0.264 e. The minimum atomic E-state index is -0.434. The van der Waals surface area contributed by atoms with E-state index in [0.29, 0.717) is 24.3 Å². The zero-order chi connectivity index (χ0) is 14.6. The number of fused-ring (bicyclic) bond motifs is 3. The minimum Gasteiger partial charge on any atom is -0.480 e. The number of hydrogen-bond acceptors (Lipinski definition) is 3. The molecule has 21 heavy (non-hydrogen) atoms. The summed E-state index contributed by atoms with van der Waals surface area (Å²) in [5, 5.41) is 10.5. The summed E-state index contributed by atoms with van der Waals surface area (Å²) in [7, 11) is 0. The van der Waals surface area contributed by atoms with Gasteiger partial charge in [0.2, 0.25) is 0 Å². The Balaban J connectivity index is 1.52. The Morgan fingerprint density at radius 3 is 2.71 bits per heavy atom. The van der Waals surface area contributed by atoms with Gasteiger partial charge in [0.1, 0.15) is 5.75 Å². The van der Waals surface area contributed by atoms with E-state index in [1.165, 1.54) is 0 Å². The summed E-state index contributed by atoms with van der Waals surface area (Å²) in [6.45, 7) is 0. The fourth-order valence-corrected chi connectivity index (χ4v) is 4.22. The average molecular weight is 308 g/mol.